The number of hydrogen-bond acceptors (Lipinski definition) is 2. The summed E-state index contributed by atoms with van der Waals surface area (Å²) in [4.78, 5) is 5.12. The van der Waals surface area contributed by atoms with E-state index in [1.165, 1.54) is 51.7 Å². The van der Waals surface area contributed by atoms with Crippen LogP contribution in [-0.4, -0.2) is 49.1 Å². The van der Waals surface area contributed by atoms with Crippen molar-refractivity contribution in [2.75, 3.05) is 33.7 Å². The molecular weight excluding hydrogens is 160 g/mol. The highest BCUT2D eigenvalue weighted by Crippen LogP contribution is 2.34. The van der Waals surface area contributed by atoms with Gasteiger partial charge in [0.1, 0.15) is 0 Å². The fraction of sp³-hybridized carbons (Fsp3) is 1.00. The highest BCUT2D eigenvalue weighted by Gasteiger charge is 2.38. The lowest BCUT2D eigenvalue weighted by molar-refractivity contribution is 0.00904. The molecule has 1 unspecified atom stereocenters. The van der Waals surface area contributed by atoms with E-state index < -0.39 is 0 Å². The molecule has 0 saturated carbocycles. The van der Waals surface area contributed by atoms with E-state index >= 15 is 0 Å². The van der Waals surface area contributed by atoms with E-state index in [1.807, 2.05) is 0 Å². The summed E-state index contributed by atoms with van der Waals surface area (Å²) in [5.74, 6) is 0. The van der Waals surface area contributed by atoms with Crippen molar-refractivity contribution in [3.05, 3.63) is 0 Å². The Balaban J connectivity index is 2.07. The van der Waals surface area contributed by atoms with Crippen molar-refractivity contribution in [2.24, 2.45) is 0 Å². The molecule has 2 fully saturated rings. The monoisotopic (exact) mass is 182 g/mol. The number of piperidine rings is 2. The Bertz CT molecular complexity index is 177. The van der Waals surface area contributed by atoms with Crippen molar-refractivity contribution >= 4 is 0 Å². The second kappa shape index (κ2) is 3.58. The van der Waals surface area contributed by atoms with Gasteiger partial charge in [0.05, 0.1) is 0 Å². The Hall–Kier alpha value is -0.0800. The third kappa shape index (κ3) is 1.75. The number of hydrogen-bond donors (Lipinski definition) is 0. The van der Waals surface area contributed by atoms with E-state index in [-0.39, 0.29) is 0 Å². The molecule has 2 heterocycles. The summed E-state index contributed by atoms with van der Waals surface area (Å²) in [7, 11) is 4.58. The Labute approximate surface area is 81.9 Å². The molecule has 13 heavy (non-hydrogen) atoms. The minimum atomic E-state index is 0.547. The van der Waals surface area contributed by atoms with Crippen molar-refractivity contribution < 1.29 is 0 Å². The van der Waals surface area contributed by atoms with Gasteiger partial charge in [-0.2, -0.15) is 0 Å². The zero-order chi connectivity index (χ0) is 9.31. The van der Waals surface area contributed by atoms with Gasteiger partial charge in [-0.3, -0.25) is 4.90 Å². The van der Waals surface area contributed by atoms with Gasteiger partial charge in [-0.15, -0.1) is 0 Å². The number of nitrogens with zero attached hydrogens (tertiary/aromatic N) is 2. The van der Waals surface area contributed by atoms with Gasteiger partial charge in [-0.1, -0.05) is 6.42 Å². The Kier molecular flexibility index (Phi) is 2.61. The first-order chi connectivity index (χ1) is 6.23. The van der Waals surface area contributed by atoms with Crippen molar-refractivity contribution in [1.82, 2.24) is 9.80 Å². The number of likely N-dealkylation sites (tertiary alicyclic amines) is 2. The predicted molar refractivity (Wildman–Crippen MR) is 55.9 cm³/mol. The van der Waals surface area contributed by atoms with Crippen LogP contribution in [0.15, 0.2) is 0 Å². The van der Waals surface area contributed by atoms with E-state index in [4.69, 9.17) is 0 Å². The lowest BCUT2D eigenvalue weighted by Gasteiger charge is -2.50. The third-order valence-corrected chi connectivity index (χ3v) is 3.94. The number of likely N-dealkylation sites (N-methyl/N-ethyl adjacent to an activating group) is 2. The minimum Gasteiger partial charge on any atom is -0.305 e. The predicted octanol–water partition coefficient (Wildman–Crippen LogP) is 1.57. The van der Waals surface area contributed by atoms with Crippen LogP contribution in [0, 0.1) is 0 Å². The van der Waals surface area contributed by atoms with Gasteiger partial charge in [0, 0.05) is 12.1 Å². The molecule has 0 aromatic carbocycles. The second-order valence-electron chi connectivity index (χ2n) is 4.94. The molecule has 0 aromatic rings. The smallest absolute Gasteiger partial charge is 0.0333 e. The van der Waals surface area contributed by atoms with Crippen molar-refractivity contribution in [1.29, 1.82) is 0 Å². The van der Waals surface area contributed by atoms with Crippen molar-refractivity contribution in [3.63, 3.8) is 0 Å². The maximum atomic E-state index is 2.62. The molecule has 2 rings (SSSR count). The first kappa shape index (κ1) is 9.47. The SMILES string of the molecule is CN1CCCC2(CCCCN2C)C1. The number of rotatable bonds is 0. The highest BCUT2D eigenvalue weighted by atomic mass is 15.2. The van der Waals surface area contributed by atoms with Gasteiger partial charge >= 0.3 is 0 Å². The summed E-state index contributed by atoms with van der Waals surface area (Å²) in [5, 5.41) is 0. The normalized spacial score (nSPS) is 38.3. The summed E-state index contributed by atoms with van der Waals surface area (Å²) >= 11 is 0. The van der Waals surface area contributed by atoms with Crippen LogP contribution in [0.4, 0.5) is 0 Å². The van der Waals surface area contributed by atoms with Crippen molar-refractivity contribution in [3.8, 4) is 0 Å². The summed E-state index contributed by atoms with van der Waals surface area (Å²) in [5.41, 5.74) is 0.547. The minimum absolute atomic E-state index is 0.547. The third-order valence-electron chi connectivity index (χ3n) is 3.94. The van der Waals surface area contributed by atoms with Crippen LogP contribution in [0.5, 0.6) is 0 Å². The van der Waals surface area contributed by atoms with Gasteiger partial charge in [0.25, 0.3) is 0 Å². The van der Waals surface area contributed by atoms with Crippen LogP contribution in [0.3, 0.4) is 0 Å². The zero-order valence-electron chi connectivity index (χ0n) is 9.05. The molecule has 0 N–H and O–H groups in total. The Morgan fingerprint density at radius 3 is 2.38 bits per heavy atom. The molecule has 2 saturated heterocycles. The molecule has 0 aromatic heterocycles. The van der Waals surface area contributed by atoms with Gasteiger partial charge < -0.3 is 4.90 Å². The standard InChI is InChI=1S/C11H22N2/c1-12-8-5-7-11(10-12)6-3-4-9-13(11)2/h3-10H2,1-2H3. The van der Waals surface area contributed by atoms with Crippen LogP contribution in [0.1, 0.15) is 32.1 Å². The van der Waals surface area contributed by atoms with E-state index in [0.717, 1.165) is 0 Å². The molecule has 0 aliphatic carbocycles. The van der Waals surface area contributed by atoms with E-state index in [0.29, 0.717) is 5.54 Å². The highest BCUT2D eigenvalue weighted by molar-refractivity contribution is 4.96. The molecule has 0 radical (unpaired) electrons. The second-order valence-corrected chi connectivity index (χ2v) is 4.94. The molecule has 1 atom stereocenters. The van der Waals surface area contributed by atoms with Crippen molar-refractivity contribution in [2.45, 2.75) is 37.6 Å². The van der Waals surface area contributed by atoms with Crippen LogP contribution in [0.2, 0.25) is 0 Å². The fourth-order valence-electron chi connectivity index (χ4n) is 3.09. The molecule has 0 bridgehead atoms. The molecule has 2 heteroatoms. The Morgan fingerprint density at radius 2 is 1.69 bits per heavy atom. The molecule has 2 aliphatic rings. The molecule has 0 amide bonds. The lowest BCUT2D eigenvalue weighted by atomic mass is 9.80. The molecule has 2 nitrogen and oxygen atoms in total. The van der Waals surface area contributed by atoms with Crippen LogP contribution < -0.4 is 0 Å². The topological polar surface area (TPSA) is 6.48 Å². The fourth-order valence-corrected chi connectivity index (χ4v) is 3.09. The maximum Gasteiger partial charge on any atom is 0.0333 e. The molecular formula is C11H22N2. The van der Waals surface area contributed by atoms with Gasteiger partial charge in [0.2, 0.25) is 0 Å². The Morgan fingerprint density at radius 1 is 0.923 bits per heavy atom. The average Bonchev–Trinajstić information content (AvgIpc) is 2.11. The summed E-state index contributed by atoms with van der Waals surface area (Å²) in [6.07, 6.45) is 7.09. The van der Waals surface area contributed by atoms with E-state index in [1.54, 1.807) is 0 Å². The van der Waals surface area contributed by atoms with Crippen LogP contribution >= 0.6 is 0 Å². The summed E-state index contributed by atoms with van der Waals surface area (Å²) in [6.45, 7) is 3.91. The van der Waals surface area contributed by atoms with Gasteiger partial charge in [0.15, 0.2) is 0 Å². The first-order valence-corrected chi connectivity index (χ1v) is 5.63. The van der Waals surface area contributed by atoms with Gasteiger partial charge in [-0.05, 0) is 52.9 Å². The van der Waals surface area contributed by atoms with Gasteiger partial charge in [-0.25, -0.2) is 0 Å². The van der Waals surface area contributed by atoms with Crippen LogP contribution in [0.25, 0.3) is 0 Å². The van der Waals surface area contributed by atoms with E-state index in [9.17, 15) is 0 Å². The molecule has 76 valence electrons. The zero-order valence-corrected chi connectivity index (χ0v) is 9.05. The van der Waals surface area contributed by atoms with E-state index in [2.05, 4.69) is 23.9 Å². The first-order valence-electron chi connectivity index (χ1n) is 5.63. The lowest BCUT2D eigenvalue weighted by Crippen LogP contribution is -2.58. The summed E-state index contributed by atoms with van der Waals surface area (Å²) < 4.78 is 0. The maximum absolute atomic E-state index is 2.62. The molecule has 1 spiro atoms. The van der Waals surface area contributed by atoms with Crippen LogP contribution in [-0.2, 0) is 0 Å². The quantitative estimate of drug-likeness (QED) is 0.561. The average molecular weight is 182 g/mol. The largest absolute Gasteiger partial charge is 0.305 e. The summed E-state index contributed by atoms with van der Waals surface area (Å²) in [6, 6.07) is 0. The molecule has 2 aliphatic heterocycles.